The molecule has 1 fully saturated rings. The average Bonchev–Trinajstić information content (AvgIpc) is 3.20. The predicted octanol–water partition coefficient (Wildman–Crippen LogP) is 5.79. The molecule has 1 heterocycles. The van der Waals surface area contributed by atoms with E-state index in [1.54, 1.807) is 0 Å². The van der Waals surface area contributed by atoms with Gasteiger partial charge < -0.3 is 14.6 Å². The monoisotopic (exact) mass is 390 g/mol. The zero-order chi connectivity index (χ0) is 20.1. The summed E-state index contributed by atoms with van der Waals surface area (Å²) in [5.74, 6) is 1.56. The van der Waals surface area contributed by atoms with Crippen molar-refractivity contribution >= 4 is 16.8 Å². The van der Waals surface area contributed by atoms with Gasteiger partial charge in [0.15, 0.2) is 0 Å². The van der Waals surface area contributed by atoms with Crippen molar-refractivity contribution in [3.05, 3.63) is 65.9 Å². The Hall–Kier alpha value is -2.75. The van der Waals surface area contributed by atoms with Crippen molar-refractivity contribution in [1.29, 1.82) is 0 Å². The van der Waals surface area contributed by atoms with Crippen LogP contribution in [0.1, 0.15) is 55.1 Å². The Morgan fingerprint density at radius 3 is 2.62 bits per heavy atom. The Morgan fingerprint density at radius 1 is 1.07 bits per heavy atom. The molecule has 4 rings (SSSR count). The number of fused-ring (bicyclic) bond motifs is 1. The minimum atomic E-state index is 0.0982. The van der Waals surface area contributed by atoms with Crippen LogP contribution < -0.4 is 4.74 Å². The highest BCUT2D eigenvalue weighted by molar-refractivity contribution is 5.98. The summed E-state index contributed by atoms with van der Waals surface area (Å²) in [5.41, 5.74) is 2.77. The van der Waals surface area contributed by atoms with Gasteiger partial charge in [-0.1, -0.05) is 49.6 Å². The highest BCUT2D eigenvalue weighted by atomic mass is 16.5. The first-order valence-electron chi connectivity index (χ1n) is 10.8. The van der Waals surface area contributed by atoms with E-state index >= 15 is 0 Å². The molecule has 0 unspecified atom stereocenters. The van der Waals surface area contributed by atoms with Crippen molar-refractivity contribution in [2.75, 3.05) is 13.1 Å². The quantitative estimate of drug-likeness (QED) is 0.555. The Balaban J connectivity index is 1.45. The van der Waals surface area contributed by atoms with E-state index in [1.807, 2.05) is 47.4 Å². The van der Waals surface area contributed by atoms with E-state index in [2.05, 4.69) is 24.0 Å². The molecule has 0 bridgehead atoms. The number of rotatable bonds is 7. The fourth-order valence-corrected chi connectivity index (χ4v) is 4.26. The van der Waals surface area contributed by atoms with E-state index in [-0.39, 0.29) is 5.91 Å². The molecule has 0 atom stereocenters. The van der Waals surface area contributed by atoms with Gasteiger partial charge in [0.25, 0.3) is 5.91 Å². The molecule has 152 valence electrons. The van der Waals surface area contributed by atoms with Crippen LogP contribution in [0.4, 0.5) is 0 Å². The van der Waals surface area contributed by atoms with Gasteiger partial charge in [0.05, 0.1) is 0 Å². The van der Waals surface area contributed by atoms with Crippen LogP contribution in [0.25, 0.3) is 10.9 Å². The summed E-state index contributed by atoms with van der Waals surface area (Å²) in [6.45, 7) is 4.22. The van der Waals surface area contributed by atoms with E-state index in [4.69, 9.17) is 4.74 Å². The van der Waals surface area contributed by atoms with E-state index in [0.717, 1.165) is 35.3 Å². The number of aromatic amines is 1. The molecular formula is C25H30N2O2. The van der Waals surface area contributed by atoms with Crippen molar-refractivity contribution in [3.63, 3.8) is 0 Å². The summed E-state index contributed by atoms with van der Waals surface area (Å²) >= 11 is 0. The lowest BCUT2D eigenvalue weighted by Crippen LogP contribution is -2.36. The van der Waals surface area contributed by atoms with Gasteiger partial charge in [-0.05, 0) is 55.5 Å². The Morgan fingerprint density at radius 2 is 1.86 bits per heavy atom. The van der Waals surface area contributed by atoms with Gasteiger partial charge in [-0.2, -0.15) is 0 Å². The molecule has 3 aromatic rings. The van der Waals surface area contributed by atoms with Gasteiger partial charge in [0.1, 0.15) is 18.1 Å². The first-order valence-corrected chi connectivity index (χ1v) is 10.8. The lowest BCUT2D eigenvalue weighted by molar-refractivity contribution is 0.0719. The van der Waals surface area contributed by atoms with E-state index in [1.165, 1.54) is 32.1 Å². The number of H-pyrrole nitrogens is 1. The highest BCUT2D eigenvalue weighted by Gasteiger charge is 2.22. The molecule has 1 aliphatic rings. The molecule has 1 aromatic heterocycles. The van der Waals surface area contributed by atoms with Crippen LogP contribution in [-0.2, 0) is 6.61 Å². The van der Waals surface area contributed by atoms with Crippen molar-refractivity contribution in [2.45, 2.75) is 45.6 Å². The summed E-state index contributed by atoms with van der Waals surface area (Å²) < 4.78 is 5.93. The number of aromatic nitrogens is 1. The zero-order valence-corrected chi connectivity index (χ0v) is 17.2. The molecule has 4 nitrogen and oxygen atoms in total. The second-order valence-corrected chi connectivity index (χ2v) is 8.05. The normalized spacial score (nSPS) is 14.8. The molecule has 0 radical (unpaired) electrons. The SMILES string of the molecule is CCN(CC1CCCCC1)C(=O)c1cc2cc(OCc3ccccc3)ccc2[nH]1. The fourth-order valence-electron chi connectivity index (χ4n) is 4.26. The second-order valence-electron chi connectivity index (χ2n) is 8.05. The van der Waals surface area contributed by atoms with Gasteiger partial charge in [0.2, 0.25) is 0 Å². The molecule has 1 amide bonds. The Bertz CT molecular complexity index is 942. The maximum absolute atomic E-state index is 13.1. The van der Waals surface area contributed by atoms with Gasteiger partial charge in [-0.25, -0.2) is 0 Å². The van der Waals surface area contributed by atoms with E-state index in [9.17, 15) is 4.79 Å². The molecule has 2 aromatic carbocycles. The number of nitrogens with zero attached hydrogens (tertiary/aromatic N) is 1. The lowest BCUT2D eigenvalue weighted by Gasteiger charge is -2.28. The maximum Gasteiger partial charge on any atom is 0.270 e. The molecule has 1 aliphatic carbocycles. The molecule has 1 saturated carbocycles. The van der Waals surface area contributed by atoms with Crippen molar-refractivity contribution in [3.8, 4) is 5.75 Å². The third-order valence-corrected chi connectivity index (χ3v) is 5.94. The molecule has 0 saturated heterocycles. The largest absolute Gasteiger partial charge is 0.489 e. The maximum atomic E-state index is 13.1. The summed E-state index contributed by atoms with van der Waals surface area (Å²) in [4.78, 5) is 18.4. The van der Waals surface area contributed by atoms with Crippen molar-refractivity contribution in [2.24, 2.45) is 5.92 Å². The number of hydrogen-bond acceptors (Lipinski definition) is 2. The Kier molecular flexibility index (Phi) is 6.18. The first-order chi connectivity index (χ1) is 14.2. The topological polar surface area (TPSA) is 45.3 Å². The first kappa shape index (κ1) is 19.6. The van der Waals surface area contributed by atoms with Crippen LogP contribution >= 0.6 is 0 Å². The predicted molar refractivity (Wildman–Crippen MR) is 117 cm³/mol. The van der Waals surface area contributed by atoms with Crippen LogP contribution in [0.15, 0.2) is 54.6 Å². The van der Waals surface area contributed by atoms with Crippen LogP contribution in [-0.4, -0.2) is 28.9 Å². The summed E-state index contributed by atoms with van der Waals surface area (Å²) in [6.07, 6.45) is 6.44. The fraction of sp³-hybridized carbons (Fsp3) is 0.400. The second kappa shape index (κ2) is 9.17. The van der Waals surface area contributed by atoms with Crippen LogP contribution in [0, 0.1) is 5.92 Å². The number of hydrogen-bond donors (Lipinski definition) is 1. The summed E-state index contributed by atoms with van der Waals surface area (Å²) in [5, 5.41) is 1.01. The molecule has 0 aliphatic heterocycles. The van der Waals surface area contributed by atoms with Crippen LogP contribution in [0.3, 0.4) is 0 Å². The van der Waals surface area contributed by atoms with Gasteiger partial charge in [0, 0.05) is 24.0 Å². The minimum Gasteiger partial charge on any atom is -0.489 e. The molecule has 29 heavy (non-hydrogen) atoms. The molecule has 1 N–H and O–H groups in total. The molecule has 0 spiro atoms. The summed E-state index contributed by atoms with van der Waals surface area (Å²) in [7, 11) is 0. The number of carbonyl (C=O) groups is 1. The average molecular weight is 391 g/mol. The zero-order valence-electron chi connectivity index (χ0n) is 17.2. The number of carbonyl (C=O) groups excluding carboxylic acids is 1. The highest BCUT2D eigenvalue weighted by Crippen LogP contribution is 2.26. The van der Waals surface area contributed by atoms with Crippen molar-refractivity contribution < 1.29 is 9.53 Å². The van der Waals surface area contributed by atoms with Gasteiger partial charge in [-0.3, -0.25) is 4.79 Å². The number of ether oxygens (including phenoxy) is 1. The van der Waals surface area contributed by atoms with E-state index in [0.29, 0.717) is 18.2 Å². The summed E-state index contributed by atoms with van der Waals surface area (Å²) in [6, 6.07) is 18.0. The third kappa shape index (κ3) is 4.81. The van der Waals surface area contributed by atoms with E-state index < -0.39 is 0 Å². The standard InChI is InChI=1S/C25H30N2O2/c1-2-27(17-19-9-5-3-6-10-19)25(28)24-16-21-15-22(13-14-23(21)26-24)29-18-20-11-7-4-8-12-20/h4,7-8,11-16,19,26H,2-3,5-6,9-10,17-18H2,1H3. The smallest absolute Gasteiger partial charge is 0.270 e. The molecular weight excluding hydrogens is 360 g/mol. The number of amides is 1. The minimum absolute atomic E-state index is 0.0982. The third-order valence-electron chi connectivity index (χ3n) is 5.94. The number of nitrogens with one attached hydrogen (secondary N) is 1. The van der Waals surface area contributed by atoms with Crippen LogP contribution in [0.2, 0.25) is 0 Å². The van der Waals surface area contributed by atoms with Crippen molar-refractivity contribution in [1.82, 2.24) is 9.88 Å². The Labute approximate surface area is 172 Å². The number of benzene rings is 2. The van der Waals surface area contributed by atoms with Crippen LogP contribution in [0.5, 0.6) is 5.75 Å². The van der Waals surface area contributed by atoms with Gasteiger partial charge >= 0.3 is 0 Å². The lowest BCUT2D eigenvalue weighted by atomic mass is 9.89. The molecule has 4 heteroatoms. The van der Waals surface area contributed by atoms with Gasteiger partial charge in [-0.15, -0.1) is 0 Å².